The zero-order valence-corrected chi connectivity index (χ0v) is 30.1. The van der Waals surface area contributed by atoms with Crippen LogP contribution >= 0.6 is 0 Å². The van der Waals surface area contributed by atoms with Crippen LogP contribution in [-0.4, -0.2) is 83.2 Å². The minimum atomic E-state index is -3.91. The summed E-state index contributed by atoms with van der Waals surface area (Å²) in [6.45, 7) is 3.82. The number of aromatic nitrogens is 2. The van der Waals surface area contributed by atoms with Gasteiger partial charge in [0.1, 0.15) is 23.7 Å². The van der Waals surface area contributed by atoms with E-state index in [0.717, 1.165) is 21.9 Å². The van der Waals surface area contributed by atoms with Crippen molar-refractivity contribution in [3.8, 4) is 5.88 Å². The first-order chi connectivity index (χ1) is 26.1. The average Bonchev–Trinajstić information content (AvgIpc) is 4.06. The first-order valence-corrected chi connectivity index (χ1v) is 19.6. The van der Waals surface area contributed by atoms with Gasteiger partial charge in [0.15, 0.2) is 0 Å². The molecular formula is C39H40N6O8S. The number of pyridine rings is 1. The zero-order valence-electron chi connectivity index (χ0n) is 29.3. The van der Waals surface area contributed by atoms with Crippen molar-refractivity contribution in [3.05, 3.63) is 90.8 Å². The van der Waals surface area contributed by atoms with E-state index < -0.39 is 68.7 Å². The summed E-state index contributed by atoms with van der Waals surface area (Å²) in [4.78, 5) is 65.1. The van der Waals surface area contributed by atoms with Gasteiger partial charge < -0.3 is 30.0 Å². The van der Waals surface area contributed by atoms with E-state index in [-0.39, 0.29) is 26.0 Å². The highest BCUT2D eigenvalue weighted by atomic mass is 32.2. The first kappa shape index (κ1) is 35.3. The van der Waals surface area contributed by atoms with Crippen molar-refractivity contribution in [2.75, 3.05) is 13.2 Å². The fourth-order valence-electron chi connectivity index (χ4n) is 7.42. The Hall–Kier alpha value is -5.70. The minimum absolute atomic E-state index is 0.0110. The van der Waals surface area contributed by atoms with Crippen molar-refractivity contribution >= 4 is 61.6 Å². The van der Waals surface area contributed by atoms with Crippen LogP contribution in [0.5, 0.6) is 5.88 Å². The van der Waals surface area contributed by atoms with Crippen LogP contribution in [0.3, 0.4) is 0 Å². The lowest BCUT2D eigenvalue weighted by Crippen LogP contribution is -2.57. The molecule has 4 bridgehead atoms. The van der Waals surface area contributed by atoms with E-state index in [2.05, 4.69) is 31.9 Å². The number of nitrogens with one attached hydrogen (secondary N) is 4. The van der Waals surface area contributed by atoms with Gasteiger partial charge in [0, 0.05) is 46.6 Å². The number of carbonyl (C=O) groups is 4. The summed E-state index contributed by atoms with van der Waals surface area (Å²) in [5.74, 6) is -2.34. The summed E-state index contributed by atoms with van der Waals surface area (Å²) in [5.41, 5.74) is 0.542. The van der Waals surface area contributed by atoms with E-state index in [9.17, 15) is 27.6 Å². The molecule has 54 heavy (non-hydrogen) atoms. The van der Waals surface area contributed by atoms with Crippen molar-refractivity contribution in [2.45, 2.75) is 67.5 Å². The van der Waals surface area contributed by atoms with Crippen molar-refractivity contribution < 1.29 is 37.1 Å². The van der Waals surface area contributed by atoms with Crippen LogP contribution in [0.15, 0.2) is 79.7 Å². The third-order valence-corrected chi connectivity index (χ3v) is 12.4. The summed E-state index contributed by atoms with van der Waals surface area (Å²) in [6.07, 6.45) is 9.43. The molecule has 5 atom stereocenters. The molecule has 4 heterocycles. The molecule has 1 saturated heterocycles. The lowest BCUT2D eigenvalue weighted by atomic mass is 10.0. The first-order valence-electron chi connectivity index (χ1n) is 18.1. The van der Waals surface area contributed by atoms with E-state index in [4.69, 9.17) is 9.47 Å². The molecule has 14 nitrogen and oxygen atoms in total. The Bertz CT molecular complexity index is 2320. The van der Waals surface area contributed by atoms with Gasteiger partial charge in [-0.1, -0.05) is 48.6 Å². The van der Waals surface area contributed by atoms with Crippen molar-refractivity contribution in [1.29, 1.82) is 0 Å². The summed E-state index contributed by atoms with van der Waals surface area (Å²) < 4.78 is 39.7. The number of benzene rings is 2. The van der Waals surface area contributed by atoms with Crippen LogP contribution in [0.25, 0.3) is 27.8 Å². The van der Waals surface area contributed by atoms with Crippen LogP contribution in [-0.2, 0) is 29.1 Å². The lowest BCUT2D eigenvalue weighted by molar-refractivity contribution is -0.141. The number of fused-ring (bicyclic) bond motifs is 4. The van der Waals surface area contributed by atoms with Gasteiger partial charge in [0.2, 0.25) is 21.8 Å². The molecule has 4 aromatic rings. The number of para-hydroxylation sites is 1. The van der Waals surface area contributed by atoms with E-state index in [1.807, 2.05) is 60.7 Å². The SMILES string of the molecule is C=C[C@@H]1C[C@]1(NC(=O)[C@@H]1C[C@@H]2CN1C(=O)[C@H](c1c[nH]c3ccccc13)NC(=O)OCCC/C=C/c1ccc3ccnc(c3c1)O2)C(=O)NS(=O)(=O)C1CC1. The predicted octanol–water partition coefficient (Wildman–Crippen LogP) is 4.01. The number of amides is 4. The zero-order chi connectivity index (χ0) is 37.6. The molecule has 280 valence electrons. The number of cyclic esters (lactones) is 1. The van der Waals surface area contributed by atoms with E-state index >= 15 is 0 Å². The molecule has 15 heteroatoms. The second-order valence-electron chi connectivity index (χ2n) is 14.3. The molecule has 2 aliphatic heterocycles. The quantitative estimate of drug-likeness (QED) is 0.202. The molecule has 2 aliphatic carbocycles. The minimum Gasteiger partial charge on any atom is -0.472 e. The molecule has 8 rings (SSSR count). The number of hydrogen-bond donors (Lipinski definition) is 4. The molecule has 2 aromatic carbocycles. The highest BCUT2D eigenvalue weighted by Crippen LogP contribution is 2.45. The van der Waals surface area contributed by atoms with Crippen molar-refractivity contribution in [1.82, 2.24) is 30.2 Å². The number of aromatic amines is 1. The molecule has 2 saturated carbocycles. The highest BCUT2D eigenvalue weighted by Gasteiger charge is 2.62. The number of nitrogens with zero attached hydrogens (tertiary/aromatic N) is 2. The van der Waals surface area contributed by atoms with Gasteiger partial charge >= 0.3 is 6.09 Å². The van der Waals surface area contributed by atoms with Gasteiger partial charge in [-0.25, -0.2) is 18.2 Å². The van der Waals surface area contributed by atoms with Crippen LogP contribution in [0.1, 0.15) is 55.7 Å². The van der Waals surface area contributed by atoms with Gasteiger partial charge in [-0.05, 0) is 61.3 Å². The van der Waals surface area contributed by atoms with E-state index in [0.29, 0.717) is 42.5 Å². The Morgan fingerprint density at radius 2 is 1.93 bits per heavy atom. The predicted molar refractivity (Wildman–Crippen MR) is 199 cm³/mol. The number of sulfonamides is 1. The fraction of sp³-hybridized carbons (Fsp3) is 0.359. The molecule has 4 amide bonds. The van der Waals surface area contributed by atoms with Gasteiger partial charge in [-0.3, -0.25) is 19.1 Å². The topological polar surface area (TPSA) is 189 Å². The molecule has 0 radical (unpaired) electrons. The van der Waals surface area contributed by atoms with Gasteiger partial charge in [0.05, 0.1) is 18.4 Å². The maximum absolute atomic E-state index is 14.8. The second kappa shape index (κ2) is 13.9. The summed E-state index contributed by atoms with van der Waals surface area (Å²) in [5, 5.41) is 7.23. The molecule has 4 aliphatic rings. The van der Waals surface area contributed by atoms with Crippen molar-refractivity contribution in [3.63, 3.8) is 0 Å². The van der Waals surface area contributed by atoms with Crippen molar-refractivity contribution in [2.24, 2.45) is 5.92 Å². The number of H-pyrrole nitrogens is 1. The number of carbonyl (C=O) groups excluding carboxylic acids is 4. The Morgan fingerprint density at radius 3 is 2.72 bits per heavy atom. The smallest absolute Gasteiger partial charge is 0.408 e. The number of allylic oxidation sites excluding steroid dienone is 1. The van der Waals surface area contributed by atoms with E-state index in [1.54, 1.807) is 12.4 Å². The Morgan fingerprint density at radius 1 is 1.09 bits per heavy atom. The van der Waals surface area contributed by atoms with Crippen LogP contribution in [0.2, 0.25) is 0 Å². The maximum Gasteiger partial charge on any atom is 0.408 e. The van der Waals surface area contributed by atoms with Crippen LogP contribution in [0.4, 0.5) is 4.79 Å². The molecule has 3 fully saturated rings. The largest absolute Gasteiger partial charge is 0.472 e. The third-order valence-electron chi connectivity index (χ3n) is 10.6. The Balaban J connectivity index is 1.16. The summed E-state index contributed by atoms with van der Waals surface area (Å²) in [6, 6.07) is 12.6. The Labute approximate surface area is 311 Å². The standard InChI is InChI=1S/C39H40N6O8S/c1-2-25-20-39(25,37(48)44-54(50,51)27-13-14-27)43-34(46)32-19-26-22-45(32)36(47)33(30-21-41-31-10-6-5-9-28(30)31)42-38(49)52-17-7-3-4-8-23-11-12-24-15-16-40-35(53-26)29(24)18-23/h2,4-6,8-12,15-16,18,21,25-27,32-33,41H,1,3,7,13-14,17,19-20,22H2,(H,42,49)(H,43,46)(H,44,48)/b8-4+/t25-,26-,32+,33+,39-/m1/s1. The van der Waals surface area contributed by atoms with Gasteiger partial charge in [-0.2, -0.15) is 0 Å². The third kappa shape index (κ3) is 6.79. The summed E-state index contributed by atoms with van der Waals surface area (Å²) >= 11 is 0. The molecule has 2 aromatic heterocycles. The second-order valence-corrected chi connectivity index (χ2v) is 16.3. The molecular weight excluding hydrogens is 713 g/mol. The highest BCUT2D eigenvalue weighted by molar-refractivity contribution is 7.91. The number of ether oxygens (including phenoxy) is 2. The van der Waals surface area contributed by atoms with Crippen LogP contribution < -0.4 is 20.1 Å². The summed E-state index contributed by atoms with van der Waals surface area (Å²) in [7, 11) is -3.91. The molecule has 0 spiro atoms. The Kier molecular flexibility index (Phi) is 9.12. The normalized spacial score (nSPS) is 26.6. The number of rotatable bonds is 7. The maximum atomic E-state index is 14.8. The van der Waals surface area contributed by atoms with Crippen LogP contribution in [0, 0.1) is 5.92 Å². The monoisotopic (exact) mass is 752 g/mol. The lowest BCUT2D eigenvalue weighted by Gasteiger charge is -2.29. The average molecular weight is 753 g/mol. The number of hydrogen-bond acceptors (Lipinski definition) is 9. The molecule has 4 N–H and O–H groups in total. The van der Waals surface area contributed by atoms with E-state index in [1.165, 1.54) is 11.0 Å². The number of alkyl carbamates (subject to hydrolysis) is 1. The fourth-order valence-corrected chi connectivity index (χ4v) is 8.79. The molecule has 0 unspecified atom stereocenters. The van der Waals surface area contributed by atoms with Gasteiger partial charge in [0.25, 0.3) is 11.8 Å². The van der Waals surface area contributed by atoms with Gasteiger partial charge in [-0.15, -0.1) is 6.58 Å².